The second-order valence-corrected chi connectivity index (χ2v) is 9.03. The smallest absolute Gasteiger partial charge is 0.268 e. The zero-order valence-electron chi connectivity index (χ0n) is 14.8. The first-order valence-corrected chi connectivity index (χ1v) is 10.5. The molecule has 4 rings (SSSR count). The Morgan fingerprint density at radius 1 is 1.08 bits per heavy atom. The molecule has 0 radical (unpaired) electrons. The molecular weight excluding hydrogens is 382 g/mol. The highest BCUT2D eigenvalue weighted by molar-refractivity contribution is 7.98. The van der Waals surface area contributed by atoms with Crippen LogP contribution in [0.1, 0.15) is 26.4 Å². The van der Waals surface area contributed by atoms with Gasteiger partial charge in [0.2, 0.25) is 0 Å². The number of fused-ring (bicyclic) bond motifs is 3. The average molecular weight is 400 g/mol. The summed E-state index contributed by atoms with van der Waals surface area (Å²) >= 11 is 9.47. The minimum atomic E-state index is 0.0353. The molecule has 1 amide bonds. The standard InChI is InChI=1S/C21H18ClNOS2/c1-12-4-6-16(8-13(12)2)23(3)21(24)19-9-14-11-25-18-10-15(22)5-7-17(18)20(14)26-19/h4-10H,11H2,1-3H3. The van der Waals surface area contributed by atoms with Crippen LogP contribution in [-0.4, -0.2) is 13.0 Å². The highest BCUT2D eigenvalue weighted by Gasteiger charge is 2.24. The number of halogens is 1. The van der Waals surface area contributed by atoms with Gasteiger partial charge in [-0.05, 0) is 60.9 Å². The molecule has 0 aliphatic carbocycles. The lowest BCUT2D eigenvalue weighted by atomic mass is 10.1. The topological polar surface area (TPSA) is 20.3 Å². The van der Waals surface area contributed by atoms with Crippen LogP contribution in [0.3, 0.4) is 0 Å². The molecule has 0 bridgehead atoms. The number of anilines is 1. The van der Waals surface area contributed by atoms with Crippen LogP contribution < -0.4 is 4.90 Å². The molecule has 0 atom stereocenters. The number of aryl methyl sites for hydroxylation is 2. The third-order valence-corrected chi connectivity index (χ3v) is 7.31. The largest absolute Gasteiger partial charge is 0.311 e. The Labute approximate surface area is 166 Å². The lowest BCUT2D eigenvalue weighted by molar-refractivity contribution is 0.0997. The minimum absolute atomic E-state index is 0.0353. The maximum absolute atomic E-state index is 13.0. The van der Waals surface area contributed by atoms with E-state index in [0.29, 0.717) is 0 Å². The highest BCUT2D eigenvalue weighted by atomic mass is 35.5. The average Bonchev–Trinajstić information content (AvgIpc) is 3.07. The van der Waals surface area contributed by atoms with Crippen LogP contribution in [0.4, 0.5) is 5.69 Å². The van der Waals surface area contributed by atoms with Crippen LogP contribution >= 0.6 is 34.7 Å². The van der Waals surface area contributed by atoms with E-state index in [1.54, 1.807) is 28.0 Å². The molecule has 1 aromatic heterocycles. The van der Waals surface area contributed by atoms with Crippen LogP contribution in [0.15, 0.2) is 47.4 Å². The van der Waals surface area contributed by atoms with Gasteiger partial charge in [0.25, 0.3) is 5.91 Å². The number of hydrogen-bond donors (Lipinski definition) is 0. The van der Waals surface area contributed by atoms with Crippen molar-refractivity contribution in [1.82, 2.24) is 0 Å². The van der Waals surface area contributed by atoms with Crippen molar-refractivity contribution in [3.8, 4) is 10.4 Å². The quantitative estimate of drug-likeness (QED) is 0.485. The summed E-state index contributed by atoms with van der Waals surface area (Å²) in [5, 5.41) is 0.752. The monoisotopic (exact) mass is 399 g/mol. The molecule has 0 saturated carbocycles. The van der Waals surface area contributed by atoms with Gasteiger partial charge in [-0.25, -0.2) is 0 Å². The summed E-state index contributed by atoms with van der Waals surface area (Å²) in [4.78, 5) is 17.9. The van der Waals surface area contributed by atoms with Crippen LogP contribution in [0, 0.1) is 13.8 Å². The lowest BCUT2D eigenvalue weighted by Gasteiger charge is -2.17. The van der Waals surface area contributed by atoms with E-state index >= 15 is 0 Å². The van der Waals surface area contributed by atoms with Crippen molar-refractivity contribution in [2.24, 2.45) is 0 Å². The van der Waals surface area contributed by atoms with E-state index in [9.17, 15) is 4.79 Å². The van der Waals surface area contributed by atoms with E-state index in [1.165, 1.54) is 32.0 Å². The number of carbonyl (C=O) groups excluding carboxylic acids is 1. The molecule has 2 heterocycles. The molecule has 0 saturated heterocycles. The second-order valence-electron chi connectivity index (χ2n) is 6.53. The van der Waals surface area contributed by atoms with Crippen molar-refractivity contribution in [2.45, 2.75) is 24.5 Å². The summed E-state index contributed by atoms with van der Waals surface area (Å²) in [5.41, 5.74) is 5.75. The van der Waals surface area contributed by atoms with Crippen molar-refractivity contribution >= 4 is 46.3 Å². The zero-order valence-corrected chi connectivity index (χ0v) is 17.2. The molecule has 1 aliphatic rings. The molecule has 0 N–H and O–H groups in total. The summed E-state index contributed by atoms with van der Waals surface area (Å²) in [6.45, 7) is 4.15. The molecule has 5 heteroatoms. The lowest BCUT2D eigenvalue weighted by Crippen LogP contribution is -2.25. The SMILES string of the molecule is Cc1ccc(N(C)C(=O)c2cc3c(s2)-c2ccc(Cl)cc2SC3)cc1C. The summed E-state index contributed by atoms with van der Waals surface area (Å²) in [6, 6.07) is 14.1. The fourth-order valence-electron chi connectivity index (χ4n) is 3.04. The maximum atomic E-state index is 13.0. The number of amides is 1. The predicted octanol–water partition coefficient (Wildman–Crippen LogP) is 6.57. The molecule has 2 nitrogen and oxygen atoms in total. The molecule has 26 heavy (non-hydrogen) atoms. The Morgan fingerprint density at radius 2 is 1.88 bits per heavy atom. The van der Waals surface area contributed by atoms with Gasteiger partial charge in [-0.3, -0.25) is 4.79 Å². The molecule has 3 aromatic rings. The predicted molar refractivity (Wildman–Crippen MR) is 113 cm³/mol. The van der Waals surface area contributed by atoms with Gasteiger partial charge in [0.1, 0.15) is 0 Å². The Balaban J connectivity index is 1.68. The number of nitrogens with zero attached hydrogens (tertiary/aromatic N) is 1. The van der Waals surface area contributed by atoms with Crippen LogP contribution in [0.5, 0.6) is 0 Å². The van der Waals surface area contributed by atoms with Gasteiger partial charge in [0.05, 0.1) is 4.88 Å². The molecule has 0 fully saturated rings. The Morgan fingerprint density at radius 3 is 2.65 bits per heavy atom. The van der Waals surface area contributed by atoms with Gasteiger partial charge < -0.3 is 4.90 Å². The number of carbonyl (C=O) groups is 1. The van der Waals surface area contributed by atoms with Crippen LogP contribution in [0.2, 0.25) is 5.02 Å². The number of hydrogen-bond acceptors (Lipinski definition) is 3. The summed E-state index contributed by atoms with van der Waals surface area (Å²) in [5.74, 6) is 0.910. The van der Waals surface area contributed by atoms with E-state index in [1.807, 2.05) is 31.3 Å². The molecule has 1 aliphatic heterocycles. The van der Waals surface area contributed by atoms with Gasteiger partial charge in [0, 0.05) is 38.8 Å². The Kier molecular flexibility index (Phi) is 4.59. The van der Waals surface area contributed by atoms with Gasteiger partial charge >= 0.3 is 0 Å². The van der Waals surface area contributed by atoms with Crippen molar-refractivity contribution in [3.05, 3.63) is 69.1 Å². The summed E-state index contributed by atoms with van der Waals surface area (Å²) < 4.78 is 0. The normalized spacial score (nSPS) is 12.5. The highest BCUT2D eigenvalue weighted by Crippen LogP contribution is 2.46. The van der Waals surface area contributed by atoms with Crippen molar-refractivity contribution < 1.29 is 4.79 Å². The third-order valence-electron chi connectivity index (χ3n) is 4.77. The molecule has 132 valence electrons. The third kappa shape index (κ3) is 3.07. The molecule has 2 aromatic carbocycles. The van der Waals surface area contributed by atoms with Crippen molar-refractivity contribution in [2.75, 3.05) is 11.9 Å². The van der Waals surface area contributed by atoms with Gasteiger partial charge in [-0.1, -0.05) is 23.7 Å². The van der Waals surface area contributed by atoms with Crippen molar-refractivity contribution in [3.63, 3.8) is 0 Å². The fourth-order valence-corrected chi connectivity index (χ4v) is 5.71. The minimum Gasteiger partial charge on any atom is -0.311 e. The number of rotatable bonds is 2. The van der Waals surface area contributed by atoms with Crippen LogP contribution in [0.25, 0.3) is 10.4 Å². The van der Waals surface area contributed by atoms with Gasteiger partial charge in [0.15, 0.2) is 0 Å². The van der Waals surface area contributed by atoms with E-state index in [2.05, 4.69) is 32.0 Å². The molecular formula is C21H18ClNOS2. The first-order valence-electron chi connectivity index (χ1n) is 8.35. The number of thiophene rings is 1. The number of benzene rings is 2. The number of thioether (sulfide) groups is 1. The van der Waals surface area contributed by atoms with Gasteiger partial charge in [-0.15, -0.1) is 23.1 Å². The summed E-state index contributed by atoms with van der Waals surface area (Å²) in [7, 11) is 1.84. The molecule has 0 unspecified atom stereocenters. The fraction of sp³-hybridized carbons (Fsp3) is 0.190. The van der Waals surface area contributed by atoms with E-state index in [-0.39, 0.29) is 5.91 Å². The zero-order chi connectivity index (χ0) is 18.4. The van der Waals surface area contributed by atoms with E-state index in [0.717, 1.165) is 21.3 Å². The maximum Gasteiger partial charge on any atom is 0.268 e. The van der Waals surface area contributed by atoms with Gasteiger partial charge in [-0.2, -0.15) is 0 Å². The van der Waals surface area contributed by atoms with Crippen LogP contribution in [-0.2, 0) is 5.75 Å². The first kappa shape index (κ1) is 17.7. The van der Waals surface area contributed by atoms with E-state index in [4.69, 9.17) is 11.6 Å². The van der Waals surface area contributed by atoms with Crippen molar-refractivity contribution in [1.29, 1.82) is 0 Å². The Hall–Kier alpha value is -1.75. The van der Waals surface area contributed by atoms with E-state index < -0.39 is 0 Å². The molecule has 0 spiro atoms. The first-order chi connectivity index (χ1) is 12.4. The Bertz CT molecular complexity index is 1020. The second kappa shape index (κ2) is 6.76. The summed E-state index contributed by atoms with van der Waals surface area (Å²) in [6.07, 6.45) is 0.